The predicted molar refractivity (Wildman–Crippen MR) is 127 cm³/mol. The zero-order chi connectivity index (χ0) is 21.7. The summed E-state index contributed by atoms with van der Waals surface area (Å²) in [5.74, 6) is 0. The molecule has 0 radical (unpaired) electrons. The molecule has 0 heterocycles. The Morgan fingerprint density at radius 1 is 0.828 bits per heavy atom. The fourth-order valence-corrected chi connectivity index (χ4v) is 6.06. The molecule has 166 valence electrons. The van der Waals surface area contributed by atoms with E-state index in [4.69, 9.17) is 0 Å². The molecular weight excluding hydrogens is 352 g/mol. The molecule has 3 saturated carbocycles. The van der Waals surface area contributed by atoms with E-state index in [1.54, 1.807) is 16.8 Å². The zero-order valence-corrected chi connectivity index (χ0v) is 20.9. The van der Waals surface area contributed by atoms with Gasteiger partial charge >= 0.3 is 0 Å². The van der Waals surface area contributed by atoms with Gasteiger partial charge in [-0.2, -0.15) is 0 Å². The molecule has 2 N–H and O–H groups in total. The Kier molecular flexibility index (Phi) is 6.00. The highest BCUT2D eigenvalue weighted by Crippen LogP contribution is 2.48. The van der Waals surface area contributed by atoms with Crippen molar-refractivity contribution >= 4 is 0 Å². The average Bonchev–Trinajstić information content (AvgIpc) is 3.27. The summed E-state index contributed by atoms with van der Waals surface area (Å²) in [5, 5.41) is 8.06. The summed E-state index contributed by atoms with van der Waals surface area (Å²) >= 11 is 0. The van der Waals surface area contributed by atoms with Gasteiger partial charge in [0.2, 0.25) is 0 Å². The topological polar surface area (TPSA) is 24.1 Å². The van der Waals surface area contributed by atoms with E-state index in [2.05, 4.69) is 72.9 Å². The minimum absolute atomic E-state index is 0.226. The van der Waals surface area contributed by atoms with Crippen LogP contribution in [0.5, 0.6) is 0 Å². The van der Waals surface area contributed by atoms with E-state index in [1.807, 2.05) is 0 Å². The van der Waals surface area contributed by atoms with E-state index in [0.29, 0.717) is 16.9 Å². The first kappa shape index (κ1) is 22.8. The molecule has 0 aromatic carbocycles. The smallest absolute Gasteiger partial charge is 0.0269 e. The van der Waals surface area contributed by atoms with Crippen LogP contribution in [0.4, 0.5) is 0 Å². The predicted octanol–water partition coefficient (Wildman–Crippen LogP) is 7.33. The molecule has 0 aromatic heterocycles. The standard InChI is InChI=1S/C27H48N2/c1-24(2,3)22(19-11-10-12-19)28-18-27(9)16-21(15-26(7,8)17-27)29-23(20-13-14-20)25(4,5)6/h21,28-29H,10-18H2,1-9H3. The zero-order valence-electron chi connectivity index (χ0n) is 20.9. The van der Waals surface area contributed by atoms with Crippen molar-refractivity contribution in [1.29, 1.82) is 0 Å². The van der Waals surface area contributed by atoms with Crippen LogP contribution >= 0.6 is 0 Å². The third-order valence-corrected chi connectivity index (χ3v) is 7.15. The van der Waals surface area contributed by atoms with Gasteiger partial charge in [-0.15, -0.1) is 0 Å². The molecule has 2 heteroatoms. The number of hydrogen-bond donors (Lipinski definition) is 2. The molecule has 2 unspecified atom stereocenters. The van der Waals surface area contributed by atoms with Crippen LogP contribution in [0.15, 0.2) is 22.5 Å². The molecule has 0 amide bonds. The Balaban J connectivity index is 1.74. The molecule has 2 nitrogen and oxygen atoms in total. The van der Waals surface area contributed by atoms with E-state index in [0.717, 1.165) is 6.54 Å². The SMILES string of the molecule is CC1(C)CC(NC(=C2CC2)C(C)(C)C)CC(C)(CNC(=C2CCC2)C(C)(C)C)C1. The Hall–Kier alpha value is -0.920. The fraction of sp³-hybridized carbons (Fsp3) is 0.852. The quantitative estimate of drug-likeness (QED) is 0.505. The average molecular weight is 401 g/mol. The van der Waals surface area contributed by atoms with Gasteiger partial charge in [0.1, 0.15) is 0 Å². The van der Waals surface area contributed by atoms with Crippen LogP contribution < -0.4 is 10.6 Å². The van der Waals surface area contributed by atoms with Crippen molar-refractivity contribution in [3.63, 3.8) is 0 Å². The van der Waals surface area contributed by atoms with Crippen LogP contribution in [0.2, 0.25) is 0 Å². The first-order valence-corrected chi connectivity index (χ1v) is 12.1. The number of rotatable bonds is 5. The summed E-state index contributed by atoms with van der Waals surface area (Å²) in [6.07, 6.45) is 10.4. The minimum Gasteiger partial charge on any atom is -0.387 e. The van der Waals surface area contributed by atoms with Crippen molar-refractivity contribution in [3.8, 4) is 0 Å². The van der Waals surface area contributed by atoms with Crippen LogP contribution in [-0.2, 0) is 0 Å². The summed E-state index contributed by atoms with van der Waals surface area (Å²) in [6.45, 7) is 22.8. The third kappa shape index (κ3) is 5.82. The van der Waals surface area contributed by atoms with Crippen molar-refractivity contribution in [2.24, 2.45) is 21.7 Å². The van der Waals surface area contributed by atoms with E-state index >= 15 is 0 Å². The molecule has 2 atom stereocenters. The summed E-state index contributed by atoms with van der Waals surface area (Å²) in [6, 6.07) is 0.585. The van der Waals surface area contributed by atoms with Crippen molar-refractivity contribution in [3.05, 3.63) is 22.5 Å². The van der Waals surface area contributed by atoms with Crippen LogP contribution in [0.25, 0.3) is 0 Å². The van der Waals surface area contributed by atoms with Gasteiger partial charge in [0.15, 0.2) is 0 Å². The van der Waals surface area contributed by atoms with Gasteiger partial charge in [-0.3, -0.25) is 0 Å². The molecule has 3 fully saturated rings. The molecule has 0 bridgehead atoms. The van der Waals surface area contributed by atoms with Gasteiger partial charge in [0.25, 0.3) is 0 Å². The lowest BCUT2D eigenvalue weighted by Gasteiger charge is -2.49. The normalized spacial score (nSPS) is 29.2. The lowest BCUT2D eigenvalue weighted by Crippen LogP contribution is -2.49. The highest BCUT2D eigenvalue weighted by molar-refractivity contribution is 5.28. The highest BCUT2D eigenvalue weighted by atomic mass is 15.0. The summed E-state index contributed by atoms with van der Waals surface area (Å²) in [4.78, 5) is 0. The van der Waals surface area contributed by atoms with Crippen molar-refractivity contribution in [1.82, 2.24) is 10.6 Å². The molecule has 29 heavy (non-hydrogen) atoms. The Bertz CT molecular complexity index is 668. The maximum absolute atomic E-state index is 4.07. The Morgan fingerprint density at radius 3 is 1.83 bits per heavy atom. The van der Waals surface area contributed by atoms with Crippen LogP contribution in [0, 0.1) is 21.7 Å². The number of hydrogen-bond acceptors (Lipinski definition) is 2. The van der Waals surface area contributed by atoms with Crippen LogP contribution in [-0.4, -0.2) is 12.6 Å². The molecule has 0 aromatic rings. The van der Waals surface area contributed by atoms with Crippen molar-refractivity contribution in [2.45, 2.75) is 120 Å². The molecular formula is C27H48N2. The number of allylic oxidation sites excluding steroid dienone is 4. The lowest BCUT2D eigenvalue weighted by molar-refractivity contribution is 0.0722. The van der Waals surface area contributed by atoms with Gasteiger partial charge < -0.3 is 10.6 Å². The van der Waals surface area contributed by atoms with Gasteiger partial charge in [0, 0.05) is 34.8 Å². The maximum atomic E-state index is 4.07. The van der Waals surface area contributed by atoms with Gasteiger partial charge in [-0.25, -0.2) is 0 Å². The fourth-order valence-electron chi connectivity index (χ4n) is 6.06. The lowest BCUT2D eigenvalue weighted by atomic mass is 9.62. The van der Waals surface area contributed by atoms with Gasteiger partial charge in [-0.1, -0.05) is 73.5 Å². The van der Waals surface area contributed by atoms with Crippen molar-refractivity contribution in [2.75, 3.05) is 6.54 Å². The third-order valence-electron chi connectivity index (χ3n) is 7.15. The van der Waals surface area contributed by atoms with Crippen molar-refractivity contribution < 1.29 is 0 Å². The molecule has 0 spiro atoms. The maximum Gasteiger partial charge on any atom is 0.0269 e. The molecule has 3 aliphatic rings. The summed E-state index contributed by atoms with van der Waals surface area (Å²) < 4.78 is 0. The first-order chi connectivity index (χ1) is 13.2. The monoisotopic (exact) mass is 400 g/mol. The Labute approximate surface area is 181 Å². The van der Waals surface area contributed by atoms with Crippen LogP contribution in [0.3, 0.4) is 0 Å². The second-order valence-electron chi connectivity index (χ2n) is 13.6. The second-order valence-corrected chi connectivity index (χ2v) is 13.6. The Morgan fingerprint density at radius 2 is 1.38 bits per heavy atom. The highest BCUT2D eigenvalue weighted by Gasteiger charge is 2.43. The minimum atomic E-state index is 0.226. The molecule has 0 saturated heterocycles. The largest absolute Gasteiger partial charge is 0.387 e. The van der Waals surface area contributed by atoms with Gasteiger partial charge in [0.05, 0.1) is 0 Å². The van der Waals surface area contributed by atoms with Gasteiger partial charge in [-0.05, 0) is 62.2 Å². The first-order valence-electron chi connectivity index (χ1n) is 12.1. The summed E-state index contributed by atoms with van der Waals surface area (Å²) in [7, 11) is 0. The summed E-state index contributed by atoms with van der Waals surface area (Å²) in [5.41, 5.74) is 7.60. The van der Waals surface area contributed by atoms with E-state index in [-0.39, 0.29) is 10.8 Å². The van der Waals surface area contributed by atoms with E-state index < -0.39 is 0 Å². The molecule has 3 aliphatic carbocycles. The molecule has 3 rings (SSSR count). The molecule has 0 aliphatic heterocycles. The number of nitrogens with one attached hydrogen (secondary N) is 2. The van der Waals surface area contributed by atoms with E-state index in [1.165, 1.54) is 57.1 Å². The van der Waals surface area contributed by atoms with E-state index in [9.17, 15) is 0 Å². The second kappa shape index (κ2) is 7.65. The van der Waals surface area contributed by atoms with Crippen LogP contribution in [0.1, 0.15) is 114 Å².